The summed E-state index contributed by atoms with van der Waals surface area (Å²) < 4.78 is 0. The van der Waals surface area contributed by atoms with Crippen LogP contribution >= 0.6 is 0 Å². The molecule has 0 aromatic heterocycles. The molecule has 1 aliphatic heterocycles. The lowest BCUT2D eigenvalue weighted by molar-refractivity contribution is 0.0819. The van der Waals surface area contributed by atoms with Crippen LogP contribution in [0.4, 0.5) is 0 Å². The summed E-state index contributed by atoms with van der Waals surface area (Å²) in [6.07, 6.45) is 8.31. The first-order valence-electron chi connectivity index (χ1n) is 8.36. The topological polar surface area (TPSA) is 29.3 Å². The monoisotopic (exact) mass is 272 g/mol. The summed E-state index contributed by atoms with van der Waals surface area (Å²) in [5.74, 6) is 2.00. The van der Waals surface area contributed by atoms with E-state index in [0.29, 0.717) is 0 Å². The van der Waals surface area contributed by atoms with Crippen molar-refractivity contribution in [3.63, 3.8) is 0 Å². The first kappa shape index (κ1) is 14.1. The SMILES string of the molecule is NCCc1ccccc1CN1CCC2CCCCC2C1. The zero-order chi connectivity index (χ0) is 13.8. The van der Waals surface area contributed by atoms with Crippen LogP contribution in [-0.2, 0) is 13.0 Å². The summed E-state index contributed by atoms with van der Waals surface area (Å²) in [6, 6.07) is 8.85. The summed E-state index contributed by atoms with van der Waals surface area (Å²) >= 11 is 0. The molecule has 1 heterocycles. The Kier molecular flexibility index (Phi) is 4.74. The Labute approximate surface area is 123 Å². The van der Waals surface area contributed by atoms with E-state index in [-0.39, 0.29) is 0 Å². The van der Waals surface area contributed by atoms with Gasteiger partial charge in [0.1, 0.15) is 0 Å². The van der Waals surface area contributed by atoms with Gasteiger partial charge in [0.25, 0.3) is 0 Å². The summed E-state index contributed by atoms with van der Waals surface area (Å²) in [4.78, 5) is 2.68. The van der Waals surface area contributed by atoms with Crippen molar-refractivity contribution in [3.05, 3.63) is 35.4 Å². The van der Waals surface area contributed by atoms with Crippen molar-refractivity contribution in [1.29, 1.82) is 0 Å². The van der Waals surface area contributed by atoms with E-state index in [2.05, 4.69) is 29.2 Å². The van der Waals surface area contributed by atoms with Crippen LogP contribution in [0, 0.1) is 11.8 Å². The third-order valence-electron chi connectivity index (χ3n) is 5.30. The van der Waals surface area contributed by atoms with Gasteiger partial charge in [0.05, 0.1) is 0 Å². The molecule has 1 saturated carbocycles. The highest BCUT2D eigenvalue weighted by Crippen LogP contribution is 2.36. The van der Waals surface area contributed by atoms with Crippen LogP contribution < -0.4 is 5.73 Å². The third-order valence-corrected chi connectivity index (χ3v) is 5.30. The van der Waals surface area contributed by atoms with Gasteiger partial charge in [-0.05, 0) is 55.3 Å². The van der Waals surface area contributed by atoms with Crippen molar-refractivity contribution in [2.45, 2.75) is 45.1 Å². The highest BCUT2D eigenvalue weighted by molar-refractivity contribution is 5.27. The molecule has 1 aliphatic carbocycles. The molecule has 2 nitrogen and oxygen atoms in total. The van der Waals surface area contributed by atoms with Gasteiger partial charge in [-0.1, -0.05) is 43.5 Å². The molecule has 2 aliphatic rings. The molecule has 0 spiro atoms. The number of piperidine rings is 1. The van der Waals surface area contributed by atoms with Gasteiger partial charge in [-0.3, -0.25) is 4.90 Å². The maximum Gasteiger partial charge on any atom is 0.0236 e. The van der Waals surface area contributed by atoms with E-state index >= 15 is 0 Å². The predicted octanol–water partition coefficient (Wildman–Crippen LogP) is 3.20. The Hall–Kier alpha value is -0.860. The highest BCUT2D eigenvalue weighted by Gasteiger charge is 2.30. The first-order valence-corrected chi connectivity index (χ1v) is 8.36. The molecule has 2 fully saturated rings. The van der Waals surface area contributed by atoms with Gasteiger partial charge in [0.15, 0.2) is 0 Å². The molecule has 0 bridgehead atoms. The van der Waals surface area contributed by atoms with E-state index in [1.807, 2.05) is 0 Å². The summed E-state index contributed by atoms with van der Waals surface area (Å²) in [6.45, 7) is 4.49. The van der Waals surface area contributed by atoms with E-state index in [1.54, 1.807) is 0 Å². The lowest BCUT2D eigenvalue weighted by atomic mass is 9.75. The van der Waals surface area contributed by atoms with E-state index in [0.717, 1.165) is 31.3 Å². The Balaban J connectivity index is 1.63. The van der Waals surface area contributed by atoms with Crippen molar-refractivity contribution in [1.82, 2.24) is 4.90 Å². The van der Waals surface area contributed by atoms with Crippen LogP contribution in [-0.4, -0.2) is 24.5 Å². The van der Waals surface area contributed by atoms with Gasteiger partial charge in [0, 0.05) is 13.1 Å². The van der Waals surface area contributed by atoms with Crippen LogP contribution in [0.1, 0.15) is 43.2 Å². The third kappa shape index (κ3) is 3.24. The molecule has 2 N–H and O–H groups in total. The molecule has 0 radical (unpaired) electrons. The van der Waals surface area contributed by atoms with Crippen molar-refractivity contribution in [2.75, 3.05) is 19.6 Å². The Morgan fingerprint density at radius 1 is 1.00 bits per heavy atom. The number of nitrogens with two attached hydrogens (primary N) is 1. The lowest BCUT2D eigenvalue weighted by Crippen LogP contribution is -2.41. The minimum atomic E-state index is 0.752. The zero-order valence-corrected chi connectivity index (χ0v) is 12.6. The summed E-state index contributed by atoms with van der Waals surface area (Å²) in [5.41, 5.74) is 8.67. The average molecular weight is 272 g/mol. The fourth-order valence-corrected chi connectivity index (χ4v) is 4.17. The molecule has 110 valence electrons. The number of benzene rings is 1. The van der Waals surface area contributed by atoms with Crippen molar-refractivity contribution < 1.29 is 0 Å². The molecule has 3 rings (SSSR count). The molecular formula is C18H28N2. The normalized spacial score (nSPS) is 27.2. The zero-order valence-electron chi connectivity index (χ0n) is 12.6. The van der Waals surface area contributed by atoms with Gasteiger partial charge in [-0.15, -0.1) is 0 Å². The van der Waals surface area contributed by atoms with Crippen LogP contribution in [0.5, 0.6) is 0 Å². The van der Waals surface area contributed by atoms with Crippen LogP contribution in [0.3, 0.4) is 0 Å². The Morgan fingerprint density at radius 2 is 1.75 bits per heavy atom. The van der Waals surface area contributed by atoms with Crippen LogP contribution in [0.15, 0.2) is 24.3 Å². The quantitative estimate of drug-likeness (QED) is 0.912. The molecule has 20 heavy (non-hydrogen) atoms. The van der Waals surface area contributed by atoms with Crippen molar-refractivity contribution in [2.24, 2.45) is 17.6 Å². The number of fused-ring (bicyclic) bond motifs is 1. The fraction of sp³-hybridized carbons (Fsp3) is 0.667. The molecule has 1 aromatic rings. The summed E-state index contributed by atoms with van der Waals surface area (Å²) in [7, 11) is 0. The number of nitrogens with zero attached hydrogens (tertiary/aromatic N) is 1. The van der Waals surface area contributed by atoms with E-state index in [9.17, 15) is 0 Å². The minimum Gasteiger partial charge on any atom is -0.330 e. The minimum absolute atomic E-state index is 0.752. The van der Waals surface area contributed by atoms with E-state index in [1.165, 1.54) is 56.3 Å². The summed E-state index contributed by atoms with van der Waals surface area (Å²) in [5, 5.41) is 0. The molecule has 0 amide bonds. The van der Waals surface area contributed by atoms with Crippen molar-refractivity contribution in [3.8, 4) is 0 Å². The fourth-order valence-electron chi connectivity index (χ4n) is 4.17. The van der Waals surface area contributed by atoms with Gasteiger partial charge >= 0.3 is 0 Å². The highest BCUT2D eigenvalue weighted by atomic mass is 15.1. The first-order chi connectivity index (χ1) is 9.86. The number of likely N-dealkylation sites (tertiary alicyclic amines) is 1. The second-order valence-corrected chi connectivity index (χ2v) is 6.64. The van der Waals surface area contributed by atoms with Gasteiger partial charge in [-0.25, -0.2) is 0 Å². The van der Waals surface area contributed by atoms with Gasteiger partial charge in [-0.2, -0.15) is 0 Å². The maximum atomic E-state index is 5.74. The van der Waals surface area contributed by atoms with Crippen LogP contribution in [0.25, 0.3) is 0 Å². The second-order valence-electron chi connectivity index (χ2n) is 6.64. The molecule has 2 heteroatoms. The molecule has 2 atom stereocenters. The average Bonchev–Trinajstić information content (AvgIpc) is 2.49. The molecular weight excluding hydrogens is 244 g/mol. The van der Waals surface area contributed by atoms with Gasteiger partial charge < -0.3 is 5.73 Å². The van der Waals surface area contributed by atoms with E-state index in [4.69, 9.17) is 5.73 Å². The number of rotatable bonds is 4. The van der Waals surface area contributed by atoms with Gasteiger partial charge in [0.2, 0.25) is 0 Å². The Bertz CT molecular complexity index is 429. The smallest absolute Gasteiger partial charge is 0.0236 e. The lowest BCUT2D eigenvalue weighted by Gasteiger charge is -2.41. The van der Waals surface area contributed by atoms with E-state index < -0.39 is 0 Å². The number of hydrogen-bond donors (Lipinski definition) is 1. The maximum absolute atomic E-state index is 5.74. The molecule has 2 unspecified atom stereocenters. The van der Waals surface area contributed by atoms with Crippen LogP contribution in [0.2, 0.25) is 0 Å². The standard InChI is InChI=1S/C18H28N2/c19-11-9-15-5-1-3-7-17(15)13-20-12-10-16-6-2-4-8-18(16)14-20/h1,3,5,7,16,18H,2,4,6,8-14,19H2. The second kappa shape index (κ2) is 6.73. The molecule has 1 aromatic carbocycles. The molecule has 1 saturated heterocycles. The number of hydrogen-bond acceptors (Lipinski definition) is 2. The largest absolute Gasteiger partial charge is 0.330 e. The van der Waals surface area contributed by atoms with Crippen molar-refractivity contribution >= 4 is 0 Å². The predicted molar refractivity (Wildman–Crippen MR) is 84.5 cm³/mol. The Morgan fingerprint density at radius 3 is 2.55 bits per heavy atom.